The molecule has 0 aliphatic heterocycles. The number of hydrogen-bond acceptors (Lipinski definition) is 3. The third-order valence-corrected chi connectivity index (χ3v) is 2.48. The normalized spacial score (nSPS) is 9.28. The lowest BCUT2D eigenvalue weighted by Crippen LogP contribution is -2.24. The summed E-state index contributed by atoms with van der Waals surface area (Å²) in [5.74, 6) is 5.56. The molecule has 4 heteroatoms. The monoisotopic (exact) mass is 245 g/mol. The number of nitrogens with two attached hydrogens (primary N) is 1. The average Bonchev–Trinajstić information content (AvgIpc) is 2.33. The van der Waals surface area contributed by atoms with Crippen molar-refractivity contribution >= 4 is 17.3 Å². The fourth-order valence-electron chi connectivity index (χ4n) is 1.57. The molecule has 4 nitrogen and oxygen atoms in total. The molecule has 0 saturated heterocycles. The molecule has 3 N–H and O–H groups in total. The number of nitrogens with zero attached hydrogens (tertiary/aromatic N) is 1. The number of carbonyl (C=O) groups is 1. The lowest BCUT2D eigenvalue weighted by atomic mass is 10.1. The van der Waals surface area contributed by atoms with Gasteiger partial charge in [0, 0.05) is 32.6 Å². The van der Waals surface area contributed by atoms with E-state index < -0.39 is 0 Å². The van der Waals surface area contributed by atoms with Crippen LogP contribution in [0.1, 0.15) is 23.7 Å². The zero-order valence-corrected chi connectivity index (χ0v) is 11.1. The van der Waals surface area contributed by atoms with Crippen LogP contribution in [0.25, 0.3) is 0 Å². The molecule has 1 aromatic carbocycles. The Labute approximate surface area is 108 Å². The van der Waals surface area contributed by atoms with Gasteiger partial charge in [-0.2, -0.15) is 0 Å². The van der Waals surface area contributed by atoms with Crippen molar-refractivity contribution in [3.63, 3.8) is 0 Å². The number of benzene rings is 1. The first-order valence-electron chi connectivity index (χ1n) is 5.81. The van der Waals surface area contributed by atoms with E-state index in [1.54, 1.807) is 19.1 Å². The van der Waals surface area contributed by atoms with Gasteiger partial charge >= 0.3 is 0 Å². The fourth-order valence-corrected chi connectivity index (χ4v) is 1.57. The SMILES string of the molecule is CC#CCCNC(=O)c1ccc(N(C)C)c(N)c1. The molecule has 0 fully saturated rings. The topological polar surface area (TPSA) is 58.4 Å². The minimum absolute atomic E-state index is 0.120. The highest BCUT2D eigenvalue weighted by Crippen LogP contribution is 2.22. The number of carbonyl (C=O) groups excluding carboxylic acids is 1. The molecule has 1 rings (SSSR count). The molecule has 0 aromatic heterocycles. The maximum absolute atomic E-state index is 11.8. The van der Waals surface area contributed by atoms with Gasteiger partial charge in [-0.05, 0) is 25.1 Å². The first-order chi connectivity index (χ1) is 8.56. The highest BCUT2D eigenvalue weighted by molar-refractivity contribution is 5.96. The van der Waals surface area contributed by atoms with Crippen LogP contribution in [-0.4, -0.2) is 26.5 Å². The Morgan fingerprint density at radius 1 is 1.44 bits per heavy atom. The van der Waals surface area contributed by atoms with Gasteiger partial charge in [0.05, 0.1) is 11.4 Å². The van der Waals surface area contributed by atoms with Crippen molar-refractivity contribution in [2.45, 2.75) is 13.3 Å². The maximum Gasteiger partial charge on any atom is 0.251 e. The second kappa shape index (κ2) is 6.55. The molecular formula is C14H19N3O. The number of hydrogen-bond donors (Lipinski definition) is 2. The molecular weight excluding hydrogens is 226 g/mol. The van der Waals surface area contributed by atoms with E-state index in [4.69, 9.17) is 5.73 Å². The smallest absolute Gasteiger partial charge is 0.251 e. The number of amides is 1. The van der Waals surface area contributed by atoms with Gasteiger partial charge in [0.2, 0.25) is 0 Å². The molecule has 0 aliphatic carbocycles. The molecule has 0 atom stereocenters. The van der Waals surface area contributed by atoms with Crippen LogP contribution in [0.5, 0.6) is 0 Å². The molecule has 0 spiro atoms. The van der Waals surface area contributed by atoms with Crippen LogP contribution in [0.4, 0.5) is 11.4 Å². The predicted molar refractivity (Wildman–Crippen MR) is 75.6 cm³/mol. The average molecular weight is 245 g/mol. The third kappa shape index (κ3) is 3.70. The summed E-state index contributed by atoms with van der Waals surface area (Å²) >= 11 is 0. The summed E-state index contributed by atoms with van der Waals surface area (Å²) in [5, 5.41) is 2.80. The number of nitrogen functional groups attached to an aromatic ring is 1. The van der Waals surface area contributed by atoms with Crippen LogP contribution in [0.2, 0.25) is 0 Å². The minimum atomic E-state index is -0.120. The number of rotatable bonds is 4. The van der Waals surface area contributed by atoms with Crippen molar-refractivity contribution in [2.75, 3.05) is 31.3 Å². The van der Waals surface area contributed by atoms with E-state index in [1.165, 1.54) is 0 Å². The molecule has 96 valence electrons. The van der Waals surface area contributed by atoms with E-state index in [2.05, 4.69) is 17.2 Å². The van der Waals surface area contributed by atoms with E-state index in [0.717, 1.165) is 5.69 Å². The number of anilines is 2. The molecule has 1 aromatic rings. The zero-order valence-electron chi connectivity index (χ0n) is 11.1. The highest BCUT2D eigenvalue weighted by atomic mass is 16.1. The molecule has 18 heavy (non-hydrogen) atoms. The van der Waals surface area contributed by atoms with Crippen molar-refractivity contribution in [2.24, 2.45) is 0 Å². The molecule has 0 unspecified atom stereocenters. The van der Waals surface area contributed by atoms with Gasteiger partial charge in [-0.15, -0.1) is 11.8 Å². The van der Waals surface area contributed by atoms with Crippen LogP contribution in [0, 0.1) is 11.8 Å². The third-order valence-electron chi connectivity index (χ3n) is 2.48. The molecule has 1 amide bonds. The van der Waals surface area contributed by atoms with Crippen LogP contribution in [-0.2, 0) is 0 Å². The Morgan fingerprint density at radius 3 is 2.72 bits per heavy atom. The van der Waals surface area contributed by atoms with Gasteiger partial charge in [-0.3, -0.25) is 4.79 Å². The summed E-state index contributed by atoms with van der Waals surface area (Å²) in [6.07, 6.45) is 0.660. The summed E-state index contributed by atoms with van der Waals surface area (Å²) in [5.41, 5.74) is 7.97. The van der Waals surface area contributed by atoms with Crippen molar-refractivity contribution in [3.05, 3.63) is 23.8 Å². The van der Waals surface area contributed by atoms with Gasteiger partial charge in [0.25, 0.3) is 5.91 Å². The fraction of sp³-hybridized carbons (Fsp3) is 0.357. The Morgan fingerprint density at radius 2 is 2.17 bits per heavy atom. The van der Waals surface area contributed by atoms with Crippen LogP contribution < -0.4 is 16.0 Å². The summed E-state index contributed by atoms with van der Waals surface area (Å²) in [6, 6.07) is 5.30. The molecule has 0 radical (unpaired) electrons. The molecule has 0 heterocycles. The summed E-state index contributed by atoms with van der Waals surface area (Å²) in [6.45, 7) is 2.33. The summed E-state index contributed by atoms with van der Waals surface area (Å²) in [4.78, 5) is 13.7. The van der Waals surface area contributed by atoms with Crippen molar-refractivity contribution in [1.82, 2.24) is 5.32 Å². The maximum atomic E-state index is 11.8. The molecule has 0 bridgehead atoms. The quantitative estimate of drug-likeness (QED) is 0.480. The highest BCUT2D eigenvalue weighted by Gasteiger charge is 2.08. The van der Waals surface area contributed by atoms with Gasteiger partial charge in [0.15, 0.2) is 0 Å². The van der Waals surface area contributed by atoms with Crippen LogP contribution in [0.15, 0.2) is 18.2 Å². The van der Waals surface area contributed by atoms with E-state index in [9.17, 15) is 4.79 Å². The second-order valence-electron chi connectivity index (χ2n) is 4.10. The lowest BCUT2D eigenvalue weighted by molar-refractivity contribution is 0.0954. The van der Waals surface area contributed by atoms with E-state index in [1.807, 2.05) is 25.1 Å². The van der Waals surface area contributed by atoms with Gasteiger partial charge in [-0.25, -0.2) is 0 Å². The Kier molecular flexibility index (Phi) is 5.06. The zero-order chi connectivity index (χ0) is 13.5. The van der Waals surface area contributed by atoms with Gasteiger partial charge in [0.1, 0.15) is 0 Å². The van der Waals surface area contributed by atoms with Crippen molar-refractivity contribution in [3.8, 4) is 11.8 Å². The first-order valence-corrected chi connectivity index (χ1v) is 5.81. The second-order valence-corrected chi connectivity index (χ2v) is 4.10. The van der Waals surface area contributed by atoms with Gasteiger partial charge < -0.3 is 16.0 Å². The van der Waals surface area contributed by atoms with E-state index >= 15 is 0 Å². The predicted octanol–water partition coefficient (Wildman–Crippen LogP) is 1.48. The lowest BCUT2D eigenvalue weighted by Gasteiger charge is -2.15. The first kappa shape index (κ1) is 13.9. The van der Waals surface area contributed by atoms with E-state index in [0.29, 0.717) is 24.2 Å². The Balaban J connectivity index is 2.68. The minimum Gasteiger partial charge on any atom is -0.397 e. The largest absolute Gasteiger partial charge is 0.397 e. The standard InChI is InChI=1S/C14H19N3O/c1-4-5-6-9-16-14(18)11-7-8-13(17(2)3)12(15)10-11/h7-8,10H,6,9,15H2,1-3H3,(H,16,18). The molecule has 0 saturated carbocycles. The van der Waals surface area contributed by atoms with Crippen molar-refractivity contribution < 1.29 is 4.79 Å². The Hall–Kier alpha value is -2.15. The summed E-state index contributed by atoms with van der Waals surface area (Å²) < 4.78 is 0. The van der Waals surface area contributed by atoms with E-state index in [-0.39, 0.29) is 5.91 Å². The van der Waals surface area contributed by atoms with Gasteiger partial charge in [-0.1, -0.05) is 0 Å². The number of nitrogens with one attached hydrogen (secondary N) is 1. The van der Waals surface area contributed by atoms with Crippen LogP contribution in [0.3, 0.4) is 0 Å². The summed E-state index contributed by atoms with van der Waals surface area (Å²) in [7, 11) is 3.82. The molecule has 0 aliphatic rings. The van der Waals surface area contributed by atoms with Crippen molar-refractivity contribution in [1.29, 1.82) is 0 Å². The van der Waals surface area contributed by atoms with Crippen LogP contribution >= 0.6 is 0 Å². The Bertz CT molecular complexity index is 484.